The Kier molecular flexibility index (Phi) is 7.56. The quantitative estimate of drug-likeness (QED) is 0.417. The van der Waals surface area contributed by atoms with Crippen LogP contribution in [0.4, 0.5) is 0 Å². The van der Waals surface area contributed by atoms with Gasteiger partial charge >= 0.3 is 0 Å². The normalized spacial score (nSPS) is 15.5. The number of rotatable bonds is 5. The van der Waals surface area contributed by atoms with E-state index < -0.39 is 0 Å². The molecule has 1 atom stereocenters. The molecule has 0 spiro atoms. The highest BCUT2D eigenvalue weighted by Gasteiger charge is 2.22. The van der Waals surface area contributed by atoms with Crippen molar-refractivity contribution < 1.29 is 9.47 Å². The van der Waals surface area contributed by atoms with Crippen LogP contribution in [0, 0.1) is 0 Å². The summed E-state index contributed by atoms with van der Waals surface area (Å²) < 4.78 is 11.4. The molecule has 0 fully saturated rings. The van der Waals surface area contributed by atoms with Gasteiger partial charge in [0.15, 0.2) is 5.96 Å². The Hall–Kier alpha value is -1.96. The Balaban J connectivity index is 0.00000243. The van der Waals surface area contributed by atoms with Gasteiger partial charge in [-0.05, 0) is 17.7 Å². The average Bonchev–Trinajstić information content (AvgIpc) is 3.05. The van der Waals surface area contributed by atoms with Gasteiger partial charge in [0.25, 0.3) is 0 Å². The Morgan fingerprint density at radius 3 is 2.69 bits per heavy atom. The molecule has 1 unspecified atom stereocenters. The Bertz CT molecular complexity index is 726. The number of guanidine groups is 1. The molecule has 26 heavy (non-hydrogen) atoms. The molecule has 0 saturated carbocycles. The highest BCUT2D eigenvalue weighted by Crippen LogP contribution is 2.27. The first-order valence-corrected chi connectivity index (χ1v) is 8.49. The van der Waals surface area contributed by atoms with Gasteiger partial charge in [0, 0.05) is 32.6 Å². The fourth-order valence-corrected chi connectivity index (χ4v) is 3.12. The summed E-state index contributed by atoms with van der Waals surface area (Å²) in [5, 5.41) is 3.41. The second-order valence-electron chi connectivity index (χ2n) is 6.15. The molecular weight excluding hydrogens is 441 g/mol. The smallest absolute Gasteiger partial charge is 0.193 e. The monoisotopic (exact) mass is 467 g/mol. The summed E-state index contributed by atoms with van der Waals surface area (Å²) in [6, 6.07) is 16.3. The molecule has 5 nitrogen and oxygen atoms in total. The third kappa shape index (κ3) is 4.81. The maximum absolute atomic E-state index is 5.98. The molecule has 1 heterocycles. The highest BCUT2D eigenvalue weighted by molar-refractivity contribution is 14.0. The summed E-state index contributed by atoms with van der Waals surface area (Å²) in [5.41, 5.74) is 2.40. The third-order valence-electron chi connectivity index (χ3n) is 4.38. The molecule has 0 bridgehead atoms. The van der Waals surface area contributed by atoms with Gasteiger partial charge in [-0.3, -0.25) is 4.99 Å². The van der Waals surface area contributed by atoms with Crippen molar-refractivity contribution in [2.45, 2.75) is 19.1 Å². The van der Waals surface area contributed by atoms with Crippen LogP contribution < -0.4 is 14.8 Å². The molecule has 0 amide bonds. The summed E-state index contributed by atoms with van der Waals surface area (Å²) in [6.45, 7) is 1.44. The minimum absolute atomic E-state index is 0. The lowest BCUT2D eigenvalue weighted by atomic mass is 10.1. The zero-order valence-corrected chi connectivity index (χ0v) is 17.8. The number of hydrogen-bond acceptors (Lipinski definition) is 3. The first-order valence-electron chi connectivity index (χ1n) is 8.49. The van der Waals surface area contributed by atoms with Crippen LogP contribution in [-0.4, -0.2) is 44.7 Å². The maximum Gasteiger partial charge on any atom is 0.193 e. The van der Waals surface area contributed by atoms with Crippen molar-refractivity contribution in [1.29, 1.82) is 0 Å². The van der Waals surface area contributed by atoms with Gasteiger partial charge in [0.05, 0.1) is 13.7 Å². The van der Waals surface area contributed by atoms with Crippen LogP contribution in [0.15, 0.2) is 53.5 Å². The number of aliphatic imine (C=N–C) groups is 1. The van der Waals surface area contributed by atoms with Crippen LogP contribution in [0.2, 0.25) is 0 Å². The van der Waals surface area contributed by atoms with Gasteiger partial charge in [-0.2, -0.15) is 0 Å². The van der Waals surface area contributed by atoms with E-state index >= 15 is 0 Å². The lowest BCUT2D eigenvalue weighted by Gasteiger charge is -2.24. The van der Waals surface area contributed by atoms with E-state index in [-0.39, 0.29) is 30.1 Å². The molecule has 0 aliphatic carbocycles. The second kappa shape index (κ2) is 9.66. The van der Waals surface area contributed by atoms with Gasteiger partial charge in [-0.25, -0.2) is 0 Å². The Morgan fingerprint density at radius 1 is 1.23 bits per heavy atom. The number of hydrogen-bond donors (Lipinski definition) is 1. The van der Waals surface area contributed by atoms with Crippen molar-refractivity contribution in [2.24, 2.45) is 4.99 Å². The van der Waals surface area contributed by atoms with E-state index in [4.69, 9.17) is 9.47 Å². The molecular formula is C20H26IN3O2. The van der Waals surface area contributed by atoms with Gasteiger partial charge in [-0.1, -0.05) is 36.4 Å². The largest absolute Gasteiger partial charge is 0.496 e. The topological polar surface area (TPSA) is 46.1 Å². The van der Waals surface area contributed by atoms with Crippen LogP contribution in [0.25, 0.3) is 0 Å². The van der Waals surface area contributed by atoms with Crippen LogP contribution in [0.1, 0.15) is 11.1 Å². The predicted molar refractivity (Wildman–Crippen MR) is 116 cm³/mol. The number of halogens is 1. The Morgan fingerprint density at radius 2 is 1.96 bits per heavy atom. The minimum Gasteiger partial charge on any atom is -0.496 e. The van der Waals surface area contributed by atoms with Crippen LogP contribution in [-0.2, 0) is 13.0 Å². The fraction of sp³-hybridized carbons (Fsp3) is 0.350. The summed E-state index contributed by atoms with van der Waals surface area (Å²) in [5.74, 6) is 2.72. The van der Waals surface area contributed by atoms with E-state index in [9.17, 15) is 0 Å². The fourth-order valence-electron chi connectivity index (χ4n) is 3.12. The number of benzene rings is 2. The molecule has 1 aliphatic heterocycles. The van der Waals surface area contributed by atoms with Crippen molar-refractivity contribution in [3.05, 3.63) is 59.7 Å². The number of para-hydroxylation sites is 2. The zero-order valence-electron chi connectivity index (χ0n) is 15.4. The highest BCUT2D eigenvalue weighted by atomic mass is 127. The summed E-state index contributed by atoms with van der Waals surface area (Å²) >= 11 is 0. The molecule has 3 rings (SSSR count). The molecule has 1 N–H and O–H groups in total. The molecule has 2 aromatic carbocycles. The molecule has 6 heteroatoms. The molecule has 1 aliphatic rings. The maximum atomic E-state index is 5.98. The second-order valence-corrected chi connectivity index (χ2v) is 6.15. The number of fused-ring (bicyclic) bond motifs is 1. The molecule has 0 aromatic heterocycles. The predicted octanol–water partition coefficient (Wildman–Crippen LogP) is 3.32. The number of nitrogens with one attached hydrogen (secondary N) is 1. The average molecular weight is 467 g/mol. The minimum atomic E-state index is 0. The van der Waals surface area contributed by atoms with E-state index in [0.717, 1.165) is 42.5 Å². The van der Waals surface area contributed by atoms with Crippen LogP contribution in [0.3, 0.4) is 0 Å². The molecule has 2 aromatic rings. The number of nitrogens with zero attached hydrogens (tertiary/aromatic N) is 2. The summed E-state index contributed by atoms with van der Waals surface area (Å²) in [6.07, 6.45) is 1.06. The van der Waals surface area contributed by atoms with Crippen molar-refractivity contribution in [3.63, 3.8) is 0 Å². The molecule has 0 radical (unpaired) electrons. The molecule has 0 saturated heterocycles. The van der Waals surface area contributed by atoms with E-state index in [2.05, 4.69) is 33.4 Å². The van der Waals surface area contributed by atoms with Gasteiger partial charge in [0.2, 0.25) is 0 Å². The summed E-state index contributed by atoms with van der Waals surface area (Å²) in [7, 11) is 5.51. The van der Waals surface area contributed by atoms with Crippen molar-refractivity contribution in [2.75, 3.05) is 27.7 Å². The van der Waals surface area contributed by atoms with Gasteiger partial charge in [-0.15, -0.1) is 24.0 Å². The number of ether oxygens (including phenoxy) is 2. The first kappa shape index (κ1) is 20.4. The van der Waals surface area contributed by atoms with E-state index in [0.29, 0.717) is 0 Å². The van der Waals surface area contributed by atoms with Crippen molar-refractivity contribution in [3.8, 4) is 11.5 Å². The standard InChI is InChI=1S/C20H25N3O2.HI/c1-21-20(23(2)14-16-9-5-6-10-18(16)24-3)22-13-17-12-15-8-4-7-11-19(15)25-17;/h4-11,17H,12-14H2,1-3H3,(H,21,22);1H. The summed E-state index contributed by atoms with van der Waals surface area (Å²) in [4.78, 5) is 6.47. The van der Waals surface area contributed by atoms with Crippen LogP contribution in [0.5, 0.6) is 11.5 Å². The Labute approximate surface area is 172 Å². The first-order chi connectivity index (χ1) is 12.2. The van der Waals surface area contributed by atoms with Crippen molar-refractivity contribution >= 4 is 29.9 Å². The van der Waals surface area contributed by atoms with Gasteiger partial charge in [0.1, 0.15) is 17.6 Å². The zero-order chi connectivity index (χ0) is 17.6. The van der Waals surface area contributed by atoms with E-state index in [1.807, 2.05) is 37.4 Å². The van der Waals surface area contributed by atoms with Gasteiger partial charge < -0.3 is 19.7 Å². The number of methoxy groups -OCH3 is 1. The lowest BCUT2D eigenvalue weighted by Crippen LogP contribution is -2.42. The van der Waals surface area contributed by atoms with E-state index in [1.54, 1.807) is 14.2 Å². The third-order valence-corrected chi connectivity index (χ3v) is 4.38. The SMILES string of the molecule is CN=C(NCC1Cc2ccccc2O1)N(C)Cc1ccccc1OC.I. The molecule has 140 valence electrons. The van der Waals surface area contributed by atoms with E-state index in [1.165, 1.54) is 5.56 Å². The lowest BCUT2D eigenvalue weighted by molar-refractivity contribution is 0.233. The van der Waals surface area contributed by atoms with Crippen molar-refractivity contribution in [1.82, 2.24) is 10.2 Å². The van der Waals surface area contributed by atoms with Crippen LogP contribution >= 0.6 is 24.0 Å².